The molecule has 96 valence electrons. The Balaban J connectivity index is 2.27. The van der Waals surface area contributed by atoms with E-state index in [0.29, 0.717) is 6.42 Å². The molecule has 1 rings (SSSR count). The third kappa shape index (κ3) is 4.70. The lowest BCUT2D eigenvalue weighted by molar-refractivity contribution is 0.316. The summed E-state index contributed by atoms with van der Waals surface area (Å²) in [5.74, 6) is 0.280. The van der Waals surface area contributed by atoms with Crippen LogP contribution in [0.4, 0.5) is 0 Å². The number of thiazole rings is 1. The maximum atomic E-state index is 8.39. The number of amidine groups is 1. The molecule has 0 aliphatic rings. The lowest BCUT2D eigenvalue weighted by Gasteiger charge is -2.10. The first-order chi connectivity index (χ1) is 8.17. The van der Waals surface area contributed by atoms with Gasteiger partial charge >= 0.3 is 0 Å². The Labute approximate surface area is 106 Å². The highest BCUT2D eigenvalue weighted by molar-refractivity contribution is 7.11. The van der Waals surface area contributed by atoms with Crippen molar-refractivity contribution in [1.29, 1.82) is 0 Å². The first-order valence-electron chi connectivity index (χ1n) is 5.81. The fourth-order valence-electron chi connectivity index (χ4n) is 1.41. The number of oxime groups is 1. The van der Waals surface area contributed by atoms with E-state index in [1.165, 1.54) is 4.88 Å². The summed E-state index contributed by atoms with van der Waals surface area (Å²) < 4.78 is 0. The van der Waals surface area contributed by atoms with Crippen LogP contribution in [0.1, 0.15) is 42.6 Å². The Kier molecular flexibility index (Phi) is 5.93. The monoisotopic (exact) mass is 256 g/mol. The van der Waals surface area contributed by atoms with Crippen molar-refractivity contribution in [3.8, 4) is 0 Å². The van der Waals surface area contributed by atoms with Crippen LogP contribution < -0.4 is 11.1 Å². The smallest absolute Gasteiger partial charge is 0.139 e. The van der Waals surface area contributed by atoms with Gasteiger partial charge < -0.3 is 16.3 Å². The Hall–Kier alpha value is -1.14. The van der Waals surface area contributed by atoms with Crippen molar-refractivity contribution in [1.82, 2.24) is 10.3 Å². The highest BCUT2D eigenvalue weighted by atomic mass is 32.1. The van der Waals surface area contributed by atoms with E-state index in [1.807, 2.05) is 6.20 Å². The van der Waals surface area contributed by atoms with Crippen LogP contribution in [0.2, 0.25) is 0 Å². The quantitative estimate of drug-likeness (QED) is 0.229. The second-order valence-corrected chi connectivity index (χ2v) is 5.04. The summed E-state index contributed by atoms with van der Waals surface area (Å²) in [6, 6.07) is 0.257. The molecule has 0 saturated heterocycles. The Morgan fingerprint density at radius 2 is 2.47 bits per heavy atom. The summed E-state index contributed by atoms with van der Waals surface area (Å²) in [5.41, 5.74) is 5.38. The molecule has 1 aromatic heterocycles. The zero-order valence-electron chi connectivity index (χ0n) is 10.3. The molecule has 0 fully saturated rings. The summed E-state index contributed by atoms with van der Waals surface area (Å²) in [5, 5.41) is 15.8. The Bertz CT molecular complexity index is 364. The summed E-state index contributed by atoms with van der Waals surface area (Å²) in [6.45, 7) is 5.06. The van der Waals surface area contributed by atoms with Gasteiger partial charge in [0.05, 0.1) is 6.04 Å². The van der Waals surface area contributed by atoms with Crippen LogP contribution in [0.15, 0.2) is 11.4 Å². The number of hydrogen-bond acceptors (Lipinski definition) is 5. The first-order valence-corrected chi connectivity index (χ1v) is 6.63. The molecule has 0 aliphatic carbocycles. The van der Waals surface area contributed by atoms with Crippen molar-refractivity contribution in [3.05, 3.63) is 16.1 Å². The van der Waals surface area contributed by atoms with Crippen molar-refractivity contribution in [2.75, 3.05) is 6.54 Å². The number of nitrogens with two attached hydrogens (primary N) is 1. The van der Waals surface area contributed by atoms with Gasteiger partial charge in [-0.2, -0.15) is 0 Å². The van der Waals surface area contributed by atoms with Gasteiger partial charge in [-0.15, -0.1) is 11.3 Å². The molecule has 1 unspecified atom stereocenters. The fourth-order valence-corrected chi connectivity index (χ4v) is 2.30. The summed E-state index contributed by atoms with van der Waals surface area (Å²) in [4.78, 5) is 5.70. The predicted octanol–water partition coefficient (Wildman–Crippen LogP) is 1.88. The number of nitrogens with one attached hydrogen (secondary N) is 1. The molecule has 4 N–H and O–H groups in total. The van der Waals surface area contributed by atoms with Gasteiger partial charge in [-0.3, -0.25) is 0 Å². The minimum atomic E-state index is 0.257. The molecule has 1 atom stereocenters. The van der Waals surface area contributed by atoms with Crippen LogP contribution in [0.25, 0.3) is 0 Å². The lowest BCUT2D eigenvalue weighted by atomic mass is 10.2. The highest BCUT2D eigenvalue weighted by Crippen LogP contribution is 2.19. The van der Waals surface area contributed by atoms with Crippen molar-refractivity contribution in [3.63, 3.8) is 0 Å². The fraction of sp³-hybridized carbons (Fsp3) is 0.636. The number of aryl methyl sites for hydroxylation is 1. The Morgan fingerprint density at radius 3 is 3.06 bits per heavy atom. The van der Waals surface area contributed by atoms with Gasteiger partial charge in [0.1, 0.15) is 10.8 Å². The van der Waals surface area contributed by atoms with Crippen molar-refractivity contribution < 1.29 is 5.21 Å². The van der Waals surface area contributed by atoms with Crippen LogP contribution >= 0.6 is 11.3 Å². The van der Waals surface area contributed by atoms with Gasteiger partial charge in [0, 0.05) is 17.5 Å². The maximum absolute atomic E-state index is 8.39. The summed E-state index contributed by atoms with van der Waals surface area (Å²) in [7, 11) is 0. The van der Waals surface area contributed by atoms with E-state index >= 15 is 0 Å². The van der Waals surface area contributed by atoms with Gasteiger partial charge in [0.25, 0.3) is 0 Å². The highest BCUT2D eigenvalue weighted by Gasteiger charge is 2.08. The van der Waals surface area contributed by atoms with Crippen LogP contribution in [-0.4, -0.2) is 22.6 Å². The van der Waals surface area contributed by atoms with E-state index in [4.69, 9.17) is 10.9 Å². The van der Waals surface area contributed by atoms with E-state index in [1.54, 1.807) is 11.3 Å². The molecule has 0 aliphatic heterocycles. The standard InChI is InChI=1S/C11H20N4OS/c1-3-9-7-14-11(17-9)8(2)13-6-4-5-10(12)15-16/h7-8,13,16H,3-6H2,1-2H3,(H2,12,15). The number of aromatic nitrogens is 1. The molecular weight excluding hydrogens is 236 g/mol. The summed E-state index contributed by atoms with van der Waals surface area (Å²) >= 11 is 1.75. The van der Waals surface area contributed by atoms with Gasteiger partial charge in [-0.1, -0.05) is 12.1 Å². The average molecular weight is 256 g/mol. The van der Waals surface area contributed by atoms with E-state index in [-0.39, 0.29) is 11.9 Å². The molecule has 0 amide bonds. The van der Waals surface area contributed by atoms with Crippen molar-refractivity contribution in [2.45, 2.75) is 39.2 Å². The molecule has 6 heteroatoms. The van der Waals surface area contributed by atoms with Crippen molar-refractivity contribution in [2.24, 2.45) is 10.9 Å². The molecule has 1 heterocycles. The normalized spacial score (nSPS) is 13.9. The molecule has 1 aromatic rings. The van der Waals surface area contributed by atoms with Gasteiger partial charge in [-0.05, 0) is 26.3 Å². The minimum Gasteiger partial charge on any atom is -0.409 e. The largest absolute Gasteiger partial charge is 0.409 e. The van der Waals surface area contributed by atoms with Crippen LogP contribution in [0, 0.1) is 0 Å². The van der Waals surface area contributed by atoms with Gasteiger partial charge in [0.15, 0.2) is 0 Å². The van der Waals surface area contributed by atoms with Crippen LogP contribution in [-0.2, 0) is 6.42 Å². The first kappa shape index (κ1) is 13.9. The zero-order valence-corrected chi connectivity index (χ0v) is 11.1. The number of nitrogens with zero attached hydrogens (tertiary/aromatic N) is 2. The second kappa shape index (κ2) is 7.24. The molecule has 0 bridgehead atoms. The third-order valence-corrected chi connectivity index (χ3v) is 3.80. The number of rotatable bonds is 7. The summed E-state index contributed by atoms with van der Waals surface area (Å²) in [6.07, 6.45) is 4.43. The predicted molar refractivity (Wildman–Crippen MR) is 70.6 cm³/mol. The zero-order chi connectivity index (χ0) is 12.7. The van der Waals surface area contributed by atoms with E-state index < -0.39 is 0 Å². The van der Waals surface area contributed by atoms with Gasteiger partial charge in [-0.25, -0.2) is 4.98 Å². The van der Waals surface area contributed by atoms with Gasteiger partial charge in [0.2, 0.25) is 0 Å². The van der Waals surface area contributed by atoms with Crippen LogP contribution in [0.5, 0.6) is 0 Å². The molecule has 17 heavy (non-hydrogen) atoms. The van der Waals surface area contributed by atoms with E-state index in [9.17, 15) is 0 Å². The Morgan fingerprint density at radius 1 is 1.71 bits per heavy atom. The molecule has 0 saturated carbocycles. The molecule has 5 nitrogen and oxygen atoms in total. The van der Waals surface area contributed by atoms with E-state index in [2.05, 4.69) is 29.3 Å². The number of hydrogen-bond donors (Lipinski definition) is 3. The second-order valence-electron chi connectivity index (χ2n) is 3.89. The maximum Gasteiger partial charge on any atom is 0.139 e. The topological polar surface area (TPSA) is 83.5 Å². The lowest BCUT2D eigenvalue weighted by Crippen LogP contribution is -2.21. The average Bonchev–Trinajstić information content (AvgIpc) is 2.82. The third-order valence-electron chi connectivity index (χ3n) is 2.48. The minimum absolute atomic E-state index is 0.257. The van der Waals surface area contributed by atoms with Crippen LogP contribution in [0.3, 0.4) is 0 Å². The molecular formula is C11H20N4OS. The molecule has 0 spiro atoms. The molecule has 0 aromatic carbocycles. The molecule has 0 radical (unpaired) electrons. The SMILES string of the molecule is CCc1cnc(C(C)NCCCC(N)=NO)s1. The van der Waals surface area contributed by atoms with E-state index in [0.717, 1.165) is 24.4 Å². The van der Waals surface area contributed by atoms with Crippen molar-refractivity contribution >= 4 is 17.2 Å².